The Hall–Kier alpha value is -1.63. The Balaban J connectivity index is 4.68. The van der Waals surface area contributed by atoms with Crippen molar-refractivity contribution < 1.29 is 33.7 Å². The van der Waals surface area contributed by atoms with Crippen molar-refractivity contribution in [3.8, 4) is 0 Å². The number of hydrogen-bond acceptors (Lipinski definition) is 7. The number of methoxy groups -OCH3 is 2. The van der Waals surface area contributed by atoms with Crippen LogP contribution in [0.2, 0.25) is 0 Å². The van der Waals surface area contributed by atoms with Gasteiger partial charge in [0, 0.05) is 6.92 Å². The number of carbonyl (C=O) groups excluding carboxylic acids is 3. The molecule has 0 aromatic heterocycles. The summed E-state index contributed by atoms with van der Waals surface area (Å²) in [6, 6.07) is 0. The summed E-state index contributed by atoms with van der Waals surface area (Å²) in [5.41, 5.74) is 0. The molecule has 0 aromatic carbocycles. The van der Waals surface area contributed by atoms with Crippen molar-refractivity contribution in [3.63, 3.8) is 0 Å². The number of ether oxygens (including phenoxy) is 3. The molecule has 0 bridgehead atoms. The van der Waals surface area contributed by atoms with Gasteiger partial charge < -0.3 is 19.3 Å². The molecule has 0 unspecified atom stereocenters. The minimum absolute atomic E-state index is 0.826. The summed E-state index contributed by atoms with van der Waals surface area (Å²) in [6.07, 6.45) is -3.61. The molecule has 0 fully saturated rings. The fourth-order valence-corrected chi connectivity index (χ4v) is 0.781. The van der Waals surface area contributed by atoms with E-state index in [1.165, 1.54) is 0 Å². The second-order valence-corrected chi connectivity index (χ2v) is 2.52. The van der Waals surface area contributed by atoms with Crippen LogP contribution in [-0.2, 0) is 28.6 Å². The van der Waals surface area contributed by atoms with E-state index < -0.39 is 30.1 Å². The zero-order valence-corrected chi connectivity index (χ0v) is 8.55. The first-order valence-corrected chi connectivity index (χ1v) is 3.95. The summed E-state index contributed by atoms with van der Waals surface area (Å²) in [4.78, 5) is 32.5. The van der Waals surface area contributed by atoms with E-state index in [4.69, 9.17) is 0 Å². The quantitative estimate of drug-likeness (QED) is 0.460. The molecular formula is C8H12O7. The maximum atomic E-state index is 11.0. The molecule has 7 heteroatoms. The first kappa shape index (κ1) is 13.4. The lowest BCUT2D eigenvalue weighted by Crippen LogP contribution is -2.43. The molecule has 0 rings (SSSR count). The lowest BCUT2D eigenvalue weighted by Gasteiger charge is -2.18. The molecule has 2 atom stereocenters. The van der Waals surface area contributed by atoms with Crippen LogP contribution in [0.4, 0.5) is 0 Å². The van der Waals surface area contributed by atoms with Crippen molar-refractivity contribution in [2.24, 2.45) is 0 Å². The molecule has 0 saturated carbocycles. The average molecular weight is 220 g/mol. The van der Waals surface area contributed by atoms with E-state index in [-0.39, 0.29) is 0 Å². The molecule has 0 aliphatic rings. The summed E-state index contributed by atoms with van der Waals surface area (Å²) in [5.74, 6) is -2.96. The fraction of sp³-hybridized carbons (Fsp3) is 0.625. The molecule has 0 heterocycles. The maximum absolute atomic E-state index is 11.0. The van der Waals surface area contributed by atoms with Gasteiger partial charge in [-0.3, -0.25) is 4.79 Å². The van der Waals surface area contributed by atoms with Gasteiger partial charge in [-0.2, -0.15) is 0 Å². The number of hydrogen-bond donors (Lipinski definition) is 1. The van der Waals surface area contributed by atoms with Crippen LogP contribution < -0.4 is 0 Å². The lowest BCUT2D eigenvalue weighted by molar-refractivity contribution is -0.180. The average Bonchev–Trinajstić information content (AvgIpc) is 2.22. The van der Waals surface area contributed by atoms with Gasteiger partial charge in [0.2, 0.25) is 6.10 Å². The molecule has 0 aliphatic heterocycles. The highest BCUT2D eigenvalue weighted by Crippen LogP contribution is 2.04. The lowest BCUT2D eigenvalue weighted by atomic mass is 10.2. The molecule has 0 aliphatic carbocycles. The molecule has 0 radical (unpaired) electrons. The van der Waals surface area contributed by atoms with Gasteiger partial charge in [0.1, 0.15) is 0 Å². The van der Waals surface area contributed by atoms with Crippen LogP contribution in [0.3, 0.4) is 0 Å². The summed E-state index contributed by atoms with van der Waals surface area (Å²) >= 11 is 0. The van der Waals surface area contributed by atoms with Gasteiger partial charge in [-0.1, -0.05) is 0 Å². The third-order valence-corrected chi connectivity index (χ3v) is 1.46. The van der Waals surface area contributed by atoms with E-state index in [2.05, 4.69) is 14.2 Å². The monoisotopic (exact) mass is 220 g/mol. The van der Waals surface area contributed by atoms with Crippen LogP contribution in [0.15, 0.2) is 0 Å². The van der Waals surface area contributed by atoms with Crippen LogP contribution in [0.25, 0.3) is 0 Å². The normalized spacial score (nSPS) is 13.6. The molecule has 0 amide bonds. The summed E-state index contributed by atoms with van der Waals surface area (Å²) in [7, 11) is 2.05. The number of rotatable bonds is 4. The zero-order chi connectivity index (χ0) is 12.0. The largest absolute Gasteiger partial charge is 0.467 e. The van der Waals surface area contributed by atoms with Crippen LogP contribution in [0.5, 0.6) is 0 Å². The summed E-state index contributed by atoms with van der Waals surface area (Å²) < 4.78 is 12.8. The fourth-order valence-electron chi connectivity index (χ4n) is 0.781. The molecule has 1 N–H and O–H groups in total. The predicted octanol–water partition coefficient (Wildman–Crippen LogP) is -1.37. The second-order valence-electron chi connectivity index (χ2n) is 2.52. The van der Waals surface area contributed by atoms with E-state index in [0.29, 0.717) is 0 Å². The number of aliphatic hydroxyl groups excluding tert-OH is 1. The highest BCUT2D eigenvalue weighted by molar-refractivity contribution is 5.87. The molecule has 15 heavy (non-hydrogen) atoms. The van der Waals surface area contributed by atoms with Gasteiger partial charge in [-0.05, 0) is 0 Å². The van der Waals surface area contributed by atoms with Crippen molar-refractivity contribution in [2.75, 3.05) is 14.2 Å². The van der Waals surface area contributed by atoms with Crippen molar-refractivity contribution in [1.29, 1.82) is 0 Å². The summed E-state index contributed by atoms with van der Waals surface area (Å²) in [6.45, 7) is 1.03. The van der Waals surface area contributed by atoms with Crippen LogP contribution in [0.1, 0.15) is 6.92 Å². The Kier molecular flexibility index (Phi) is 5.32. The van der Waals surface area contributed by atoms with Crippen LogP contribution in [-0.4, -0.2) is 49.4 Å². The van der Waals surface area contributed by atoms with Crippen molar-refractivity contribution in [2.45, 2.75) is 19.1 Å². The minimum Gasteiger partial charge on any atom is -0.467 e. The van der Waals surface area contributed by atoms with Gasteiger partial charge in [0.25, 0.3) is 0 Å². The molecule has 7 nitrogen and oxygen atoms in total. The number of carbonyl (C=O) groups is 3. The summed E-state index contributed by atoms with van der Waals surface area (Å²) in [5, 5.41) is 9.28. The van der Waals surface area contributed by atoms with E-state index in [1.54, 1.807) is 0 Å². The molecular weight excluding hydrogens is 208 g/mol. The highest BCUT2D eigenvalue weighted by Gasteiger charge is 2.36. The Labute approximate surface area is 85.9 Å². The first-order chi connectivity index (χ1) is 6.93. The highest BCUT2D eigenvalue weighted by atomic mass is 16.6. The van der Waals surface area contributed by atoms with Gasteiger partial charge in [0.15, 0.2) is 6.10 Å². The predicted molar refractivity (Wildman–Crippen MR) is 45.6 cm³/mol. The Morgan fingerprint density at radius 1 is 1.07 bits per heavy atom. The van der Waals surface area contributed by atoms with E-state index in [1.807, 2.05) is 0 Å². The molecule has 0 spiro atoms. The smallest absolute Gasteiger partial charge is 0.350 e. The van der Waals surface area contributed by atoms with Crippen LogP contribution in [0, 0.1) is 0 Å². The standard InChI is InChI=1S/C8H12O7/c1-4(9)15-6(8(12)14-3)5(10)7(11)13-2/h5-6,10H,1-3H3/t5-,6-/m1/s1. The topological polar surface area (TPSA) is 99.1 Å². The molecule has 0 saturated heterocycles. The Morgan fingerprint density at radius 2 is 1.53 bits per heavy atom. The van der Waals surface area contributed by atoms with Crippen molar-refractivity contribution in [1.82, 2.24) is 0 Å². The second kappa shape index (κ2) is 5.97. The van der Waals surface area contributed by atoms with Crippen LogP contribution >= 0.6 is 0 Å². The van der Waals surface area contributed by atoms with E-state index >= 15 is 0 Å². The molecule has 86 valence electrons. The van der Waals surface area contributed by atoms with E-state index in [9.17, 15) is 19.5 Å². The maximum Gasteiger partial charge on any atom is 0.350 e. The first-order valence-electron chi connectivity index (χ1n) is 3.95. The number of aliphatic hydroxyl groups is 1. The zero-order valence-electron chi connectivity index (χ0n) is 8.55. The van der Waals surface area contributed by atoms with Gasteiger partial charge in [-0.25, -0.2) is 9.59 Å². The van der Waals surface area contributed by atoms with E-state index in [0.717, 1.165) is 21.1 Å². The van der Waals surface area contributed by atoms with Gasteiger partial charge in [0.05, 0.1) is 14.2 Å². The Bertz CT molecular complexity index is 260. The SMILES string of the molecule is COC(=O)[C@H](O)[C@@H](OC(C)=O)C(=O)OC. The third-order valence-electron chi connectivity index (χ3n) is 1.46. The Morgan fingerprint density at radius 3 is 1.87 bits per heavy atom. The minimum atomic E-state index is -1.90. The van der Waals surface area contributed by atoms with Crippen molar-refractivity contribution in [3.05, 3.63) is 0 Å². The number of esters is 3. The van der Waals surface area contributed by atoms with Crippen molar-refractivity contribution >= 4 is 17.9 Å². The van der Waals surface area contributed by atoms with Gasteiger partial charge in [-0.15, -0.1) is 0 Å². The third kappa shape index (κ3) is 3.94. The molecule has 0 aromatic rings. The van der Waals surface area contributed by atoms with Gasteiger partial charge >= 0.3 is 17.9 Å².